The van der Waals surface area contributed by atoms with Crippen LogP contribution in [-0.4, -0.2) is 0 Å². The minimum atomic E-state index is -0.622. The van der Waals surface area contributed by atoms with Gasteiger partial charge in [-0.3, -0.25) is 0 Å². The molecular weight excluding hydrogens is 831 g/mol. The fraction of sp³-hybridized carbons (Fsp3) is 0.0294. The Labute approximate surface area is 402 Å². The van der Waals surface area contributed by atoms with Crippen LogP contribution in [0.15, 0.2) is 273 Å². The lowest BCUT2D eigenvalue weighted by atomic mass is 9.51. The molecule has 1 heteroatoms. The number of fused-ring (bicyclic) bond motifs is 15. The van der Waals surface area contributed by atoms with Gasteiger partial charge in [-0.15, -0.1) is 0 Å². The van der Waals surface area contributed by atoms with Crippen molar-refractivity contribution in [3.05, 3.63) is 317 Å². The minimum absolute atomic E-state index is 0.569. The van der Waals surface area contributed by atoms with Crippen molar-refractivity contribution in [2.45, 2.75) is 10.8 Å². The average Bonchev–Trinajstić information content (AvgIpc) is 3.72. The summed E-state index contributed by atoms with van der Waals surface area (Å²) in [5.74, 6) is 0. The van der Waals surface area contributed by atoms with Crippen molar-refractivity contribution >= 4 is 49.4 Å². The van der Waals surface area contributed by atoms with E-state index in [2.05, 4.69) is 278 Å². The zero-order chi connectivity index (χ0) is 45.5. The van der Waals surface area contributed by atoms with Crippen LogP contribution < -0.4 is 4.90 Å². The van der Waals surface area contributed by atoms with Gasteiger partial charge in [-0.2, -0.15) is 0 Å². The first-order valence-electron chi connectivity index (χ1n) is 24.1. The number of hydrogen-bond donors (Lipinski definition) is 0. The second-order valence-corrected chi connectivity index (χ2v) is 18.7. The second-order valence-electron chi connectivity index (χ2n) is 18.7. The van der Waals surface area contributed by atoms with E-state index in [-0.39, 0.29) is 0 Å². The quantitative estimate of drug-likeness (QED) is 0.150. The number of anilines is 3. The van der Waals surface area contributed by atoms with Crippen LogP contribution in [0.4, 0.5) is 17.1 Å². The maximum Gasteiger partial charge on any atom is 0.0720 e. The van der Waals surface area contributed by atoms with Crippen LogP contribution in [0.25, 0.3) is 54.6 Å². The van der Waals surface area contributed by atoms with E-state index in [1.165, 1.54) is 99.1 Å². The molecule has 0 aliphatic heterocycles. The summed E-state index contributed by atoms with van der Waals surface area (Å²) >= 11 is 0. The molecule has 0 radical (unpaired) electrons. The van der Waals surface area contributed by atoms with E-state index in [0.29, 0.717) is 0 Å². The SMILES string of the molecule is c1ccc(-c2ccc(N(c3ccc4c(c3)C3(c5ccccc5-4)c4ccccc4C(c4ccccc4)(c4ccccc4)c4ccccc43)c3ccc4c5ccccc5c5ccccc5c4c3)cc2)cc1. The van der Waals surface area contributed by atoms with Gasteiger partial charge >= 0.3 is 0 Å². The second kappa shape index (κ2) is 15.4. The zero-order valence-corrected chi connectivity index (χ0v) is 37.9. The summed E-state index contributed by atoms with van der Waals surface area (Å²) < 4.78 is 0. The highest BCUT2D eigenvalue weighted by atomic mass is 15.1. The van der Waals surface area contributed by atoms with Crippen LogP contribution in [0, 0.1) is 0 Å². The first-order valence-corrected chi connectivity index (χ1v) is 24.1. The predicted octanol–water partition coefficient (Wildman–Crippen LogP) is 17.3. The van der Waals surface area contributed by atoms with Gasteiger partial charge < -0.3 is 4.90 Å². The van der Waals surface area contributed by atoms with Gasteiger partial charge in [-0.1, -0.05) is 237 Å². The summed E-state index contributed by atoms with van der Waals surface area (Å²) in [5.41, 5.74) is 17.4. The minimum Gasteiger partial charge on any atom is -0.310 e. The summed E-state index contributed by atoms with van der Waals surface area (Å²) in [6.07, 6.45) is 0. The number of nitrogens with zero attached hydrogens (tertiary/aromatic N) is 1. The third-order valence-corrected chi connectivity index (χ3v) is 15.4. The molecule has 0 unspecified atom stereocenters. The molecule has 2 aliphatic rings. The van der Waals surface area contributed by atoms with Crippen LogP contribution in [0.2, 0.25) is 0 Å². The highest BCUT2D eigenvalue weighted by molar-refractivity contribution is 6.25. The molecule has 14 rings (SSSR count). The molecule has 0 saturated carbocycles. The predicted molar refractivity (Wildman–Crippen MR) is 288 cm³/mol. The Morgan fingerprint density at radius 3 is 1.16 bits per heavy atom. The molecular formula is C68H45N. The van der Waals surface area contributed by atoms with Gasteiger partial charge in [0.1, 0.15) is 0 Å². The van der Waals surface area contributed by atoms with E-state index in [1.54, 1.807) is 0 Å². The van der Waals surface area contributed by atoms with E-state index < -0.39 is 10.8 Å². The van der Waals surface area contributed by atoms with E-state index in [4.69, 9.17) is 0 Å². The molecule has 0 heterocycles. The smallest absolute Gasteiger partial charge is 0.0720 e. The van der Waals surface area contributed by atoms with Crippen molar-refractivity contribution in [1.29, 1.82) is 0 Å². The standard InChI is InChI=1S/C68H45N/c1-4-20-46(21-5-1)47-36-38-50(39-37-47)69(51-40-42-57-55-28-11-10-26-53(55)54-27-12-13-29-56(54)60(57)44-51)52-41-43-59-58-30-14-15-31-61(58)68(66(59)45-52)64-34-18-16-32-62(64)67(48-22-6-2-7-23-48,49-24-8-3-9-25-49)63-33-17-19-35-65(63)68/h1-45H. The lowest BCUT2D eigenvalue weighted by Crippen LogP contribution is -2.44. The molecule has 0 aromatic heterocycles. The molecule has 0 amide bonds. The molecule has 0 saturated heterocycles. The molecule has 69 heavy (non-hydrogen) atoms. The van der Waals surface area contributed by atoms with Crippen molar-refractivity contribution in [2.75, 3.05) is 4.90 Å². The van der Waals surface area contributed by atoms with E-state index in [9.17, 15) is 0 Å². The van der Waals surface area contributed by atoms with Gasteiger partial charge in [0.05, 0.1) is 10.8 Å². The molecule has 12 aromatic rings. The molecule has 0 atom stereocenters. The first kappa shape index (κ1) is 39.4. The van der Waals surface area contributed by atoms with Crippen LogP contribution >= 0.6 is 0 Å². The van der Waals surface area contributed by atoms with E-state index in [0.717, 1.165) is 17.1 Å². The summed E-state index contributed by atoms with van der Waals surface area (Å²) in [5, 5.41) is 7.57. The Bertz CT molecular complexity index is 3820. The van der Waals surface area contributed by atoms with Crippen LogP contribution in [-0.2, 0) is 10.8 Å². The number of rotatable bonds is 6. The number of benzene rings is 12. The first-order chi connectivity index (χ1) is 34.2. The normalized spacial score (nSPS) is 13.7. The molecule has 0 bridgehead atoms. The van der Waals surface area contributed by atoms with Crippen molar-refractivity contribution in [3.8, 4) is 22.3 Å². The van der Waals surface area contributed by atoms with Gasteiger partial charge in [0.25, 0.3) is 0 Å². The summed E-state index contributed by atoms with van der Waals surface area (Å²) in [4.78, 5) is 2.48. The van der Waals surface area contributed by atoms with Crippen molar-refractivity contribution in [3.63, 3.8) is 0 Å². The largest absolute Gasteiger partial charge is 0.310 e. The molecule has 1 nitrogen and oxygen atoms in total. The average molecular weight is 876 g/mol. The molecule has 0 N–H and O–H groups in total. The molecule has 1 spiro atoms. The maximum atomic E-state index is 2.52. The molecule has 322 valence electrons. The lowest BCUT2D eigenvalue weighted by Gasteiger charge is -2.50. The molecule has 2 aliphatic carbocycles. The van der Waals surface area contributed by atoms with Gasteiger partial charge in [0.15, 0.2) is 0 Å². The lowest BCUT2D eigenvalue weighted by molar-refractivity contribution is 0.623. The Morgan fingerprint density at radius 2 is 0.594 bits per heavy atom. The van der Waals surface area contributed by atoms with Crippen molar-refractivity contribution < 1.29 is 0 Å². The zero-order valence-electron chi connectivity index (χ0n) is 37.9. The van der Waals surface area contributed by atoms with E-state index in [1.807, 2.05) is 0 Å². The van der Waals surface area contributed by atoms with Gasteiger partial charge in [-0.25, -0.2) is 0 Å². The third-order valence-electron chi connectivity index (χ3n) is 15.4. The fourth-order valence-electron chi connectivity index (χ4n) is 12.6. The Morgan fingerprint density at radius 1 is 0.217 bits per heavy atom. The van der Waals surface area contributed by atoms with Crippen LogP contribution in [0.5, 0.6) is 0 Å². The van der Waals surface area contributed by atoms with E-state index >= 15 is 0 Å². The fourth-order valence-corrected chi connectivity index (χ4v) is 12.6. The maximum absolute atomic E-state index is 2.52. The van der Waals surface area contributed by atoms with Gasteiger partial charge in [0, 0.05) is 17.1 Å². The highest BCUT2D eigenvalue weighted by Gasteiger charge is 2.56. The summed E-state index contributed by atoms with van der Waals surface area (Å²) in [6.45, 7) is 0. The van der Waals surface area contributed by atoms with Crippen LogP contribution in [0.1, 0.15) is 44.5 Å². The third kappa shape index (κ3) is 5.59. The van der Waals surface area contributed by atoms with Gasteiger partial charge in [0.2, 0.25) is 0 Å². The van der Waals surface area contributed by atoms with Crippen LogP contribution in [0.3, 0.4) is 0 Å². The molecule has 12 aromatic carbocycles. The Kier molecular flexibility index (Phi) is 8.78. The topological polar surface area (TPSA) is 3.24 Å². The highest BCUT2D eigenvalue weighted by Crippen LogP contribution is 2.65. The van der Waals surface area contributed by atoms with Gasteiger partial charge in [-0.05, 0) is 135 Å². The van der Waals surface area contributed by atoms with Crippen molar-refractivity contribution in [1.82, 2.24) is 0 Å². The summed E-state index contributed by atoms with van der Waals surface area (Å²) in [7, 11) is 0. The summed E-state index contributed by atoms with van der Waals surface area (Å²) in [6, 6.07) is 102. The molecule has 0 fully saturated rings. The van der Waals surface area contributed by atoms with Crippen molar-refractivity contribution in [2.24, 2.45) is 0 Å². The Hall–Kier alpha value is -8.78. The number of hydrogen-bond acceptors (Lipinski definition) is 1. The monoisotopic (exact) mass is 875 g/mol. The Balaban J connectivity index is 1.06.